The summed E-state index contributed by atoms with van der Waals surface area (Å²) in [6, 6.07) is 14.9. The molecule has 3 rings (SSSR count). The zero-order chi connectivity index (χ0) is 20.1. The molecule has 6 nitrogen and oxygen atoms in total. The van der Waals surface area contributed by atoms with Gasteiger partial charge in [-0.15, -0.1) is 0 Å². The van der Waals surface area contributed by atoms with Crippen LogP contribution in [0.25, 0.3) is 0 Å². The second-order valence-electron chi connectivity index (χ2n) is 6.27. The highest BCUT2D eigenvalue weighted by atomic mass is 79.9. The van der Waals surface area contributed by atoms with Gasteiger partial charge >= 0.3 is 5.97 Å². The molecular weight excluding hydrogens is 424 g/mol. The van der Waals surface area contributed by atoms with Crippen molar-refractivity contribution in [2.45, 2.75) is 26.3 Å². The number of hydrazone groups is 1. The van der Waals surface area contributed by atoms with Crippen LogP contribution in [-0.2, 0) is 14.3 Å². The molecule has 0 radical (unpaired) electrons. The summed E-state index contributed by atoms with van der Waals surface area (Å²) >= 11 is 3.47. The molecule has 7 heteroatoms. The lowest BCUT2D eigenvalue weighted by Crippen LogP contribution is -2.25. The molecule has 0 aromatic heterocycles. The summed E-state index contributed by atoms with van der Waals surface area (Å²) in [5.74, 6) is -0.0501. The van der Waals surface area contributed by atoms with E-state index in [-0.39, 0.29) is 18.6 Å². The first kappa shape index (κ1) is 20.1. The van der Waals surface area contributed by atoms with Crippen molar-refractivity contribution < 1.29 is 19.1 Å². The maximum atomic E-state index is 12.2. The van der Waals surface area contributed by atoms with Crippen LogP contribution < -0.4 is 4.74 Å². The predicted molar refractivity (Wildman–Crippen MR) is 109 cm³/mol. The summed E-state index contributed by atoms with van der Waals surface area (Å²) < 4.78 is 11.5. The van der Waals surface area contributed by atoms with Gasteiger partial charge in [-0.1, -0.05) is 46.3 Å². The highest BCUT2D eigenvalue weighted by molar-refractivity contribution is 9.10. The Morgan fingerprint density at radius 1 is 1.21 bits per heavy atom. The average Bonchev–Trinajstić information content (AvgIpc) is 3.12. The number of hydrogen-bond acceptors (Lipinski definition) is 5. The molecule has 0 saturated heterocycles. The third-order valence-electron chi connectivity index (χ3n) is 4.32. The Morgan fingerprint density at radius 3 is 2.71 bits per heavy atom. The molecule has 1 heterocycles. The van der Waals surface area contributed by atoms with Crippen LogP contribution in [-0.4, -0.2) is 35.8 Å². The van der Waals surface area contributed by atoms with Crippen molar-refractivity contribution in [3.63, 3.8) is 0 Å². The van der Waals surface area contributed by atoms with Crippen molar-refractivity contribution >= 4 is 33.5 Å². The van der Waals surface area contributed by atoms with Gasteiger partial charge in [0, 0.05) is 23.4 Å². The molecule has 0 saturated carbocycles. The molecule has 1 amide bonds. The van der Waals surface area contributed by atoms with E-state index in [9.17, 15) is 9.59 Å². The second kappa shape index (κ2) is 9.01. The molecule has 2 aromatic carbocycles. The van der Waals surface area contributed by atoms with E-state index in [1.807, 2.05) is 42.5 Å². The molecule has 0 bridgehead atoms. The number of amides is 1. The maximum Gasteiger partial charge on any atom is 0.344 e. The standard InChI is InChI=1S/C21H21BrN2O4/c1-3-27-21(26)13-28-20-10-5-4-9-17(20)19-12-18(23-24(19)14(2)25)15-7-6-8-16(22)11-15/h4-11,19H,3,12-13H2,1-2H3. The van der Waals surface area contributed by atoms with E-state index in [1.165, 1.54) is 11.9 Å². The van der Waals surface area contributed by atoms with Crippen LogP contribution in [0.5, 0.6) is 5.75 Å². The minimum absolute atomic E-state index is 0.157. The fourth-order valence-corrected chi connectivity index (χ4v) is 3.51. The van der Waals surface area contributed by atoms with E-state index in [4.69, 9.17) is 9.47 Å². The summed E-state index contributed by atoms with van der Waals surface area (Å²) in [5.41, 5.74) is 2.57. The van der Waals surface area contributed by atoms with Crippen molar-refractivity contribution in [2.24, 2.45) is 5.10 Å². The lowest BCUT2D eigenvalue weighted by atomic mass is 9.97. The van der Waals surface area contributed by atoms with E-state index in [0.29, 0.717) is 18.8 Å². The Bertz CT molecular complexity index is 913. The molecule has 0 N–H and O–H groups in total. The summed E-state index contributed by atoms with van der Waals surface area (Å²) in [7, 11) is 0. The van der Waals surface area contributed by atoms with Gasteiger partial charge in [-0.2, -0.15) is 5.10 Å². The van der Waals surface area contributed by atoms with Crippen LogP contribution in [0, 0.1) is 0 Å². The van der Waals surface area contributed by atoms with Gasteiger partial charge in [-0.25, -0.2) is 9.80 Å². The molecule has 1 aliphatic heterocycles. The van der Waals surface area contributed by atoms with Gasteiger partial charge in [0.2, 0.25) is 5.91 Å². The predicted octanol–water partition coefficient (Wildman–Crippen LogP) is 4.09. The first-order chi connectivity index (χ1) is 13.5. The Morgan fingerprint density at radius 2 is 2.00 bits per heavy atom. The third kappa shape index (κ3) is 4.59. The smallest absolute Gasteiger partial charge is 0.344 e. The van der Waals surface area contributed by atoms with Gasteiger partial charge in [0.1, 0.15) is 5.75 Å². The van der Waals surface area contributed by atoms with E-state index in [2.05, 4.69) is 21.0 Å². The number of hydrogen-bond donors (Lipinski definition) is 0. The number of esters is 1. The van der Waals surface area contributed by atoms with Gasteiger partial charge in [-0.05, 0) is 30.7 Å². The Balaban J connectivity index is 1.87. The van der Waals surface area contributed by atoms with Crippen molar-refractivity contribution in [3.8, 4) is 5.75 Å². The molecule has 146 valence electrons. The Hall–Kier alpha value is -2.67. The van der Waals surface area contributed by atoms with Crippen molar-refractivity contribution in [1.82, 2.24) is 5.01 Å². The lowest BCUT2D eigenvalue weighted by Gasteiger charge is -2.22. The van der Waals surface area contributed by atoms with Crippen molar-refractivity contribution in [3.05, 3.63) is 64.1 Å². The third-order valence-corrected chi connectivity index (χ3v) is 4.81. The van der Waals surface area contributed by atoms with E-state index < -0.39 is 5.97 Å². The molecule has 1 unspecified atom stereocenters. The first-order valence-corrected chi connectivity index (χ1v) is 9.79. The van der Waals surface area contributed by atoms with Crippen LogP contribution >= 0.6 is 15.9 Å². The highest BCUT2D eigenvalue weighted by Crippen LogP contribution is 2.37. The van der Waals surface area contributed by atoms with Crippen LogP contribution in [0.3, 0.4) is 0 Å². The Labute approximate surface area is 172 Å². The number of nitrogens with zero attached hydrogens (tertiary/aromatic N) is 2. The molecule has 1 aliphatic rings. The SMILES string of the molecule is CCOC(=O)COc1ccccc1C1CC(c2cccc(Br)c2)=NN1C(C)=O. The maximum absolute atomic E-state index is 12.2. The molecule has 0 fully saturated rings. The lowest BCUT2D eigenvalue weighted by molar-refractivity contribution is -0.145. The minimum Gasteiger partial charge on any atom is -0.482 e. The van der Waals surface area contributed by atoms with Crippen molar-refractivity contribution in [1.29, 1.82) is 0 Å². The quantitative estimate of drug-likeness (QED) is 0.629. The number of ether oxygens (including phenoxy) is 2. The average molecular weight is 445 g/mol. The first-order valence-electron chi connectivity index (χ1n) is 9.00. The van der Waals surface area contributed by atoms with Crippen LogP contribution in [0.15, 0.2) is 58.1 Å². The fraction of sp³-hybridized carbons (Fsp3) is 0.286. The van der Waals surface area contributed by atoms with Crippen LogP contribution in [0.1, 0.15) is 37.4 Å². The number of para-hydroxylation sites is 1. The zero-order valence-corrected chi connectivity index (χ0v) is 17.3. The van der Waals surface area contributed by atoms with Crippen LogP contribution in [0.2, 0.25) is 0 Å². The molecule has 28 heavy (non-hydrogen) atoms. The summed E-state index contributed by atoms with van der Waals surface area (Å²) in [6.45, 7) is 3.35. The number of carbonyl (C=O) groups is 2. The highest BCUT2D eigenvalue weighted by Gasteiger charge is 2.33. The number of rotatable bonds is 6. The molecule has 1 atom stereocenters. The van der Waals surface area contributed by atoms with Gasteiger partial charge in [-0.3, -0.25) is 4.79 Å². The van der Waals surface area contributed by atoms with Gasteiger partial charge in [0.25, 0.3) is 0 Å². The normalized spacial score (nSPS) is 15.9. The summed E-state index contributed by atoms with van der Waals surface area (Å²) in [6.07, 6.45) is 0.551. The summed E-state index contributed by atoms with van der Waals surface area (Å²) in [4.78, 5) is 23.9. The summed E-state index contributed by atoms with van der Waals surface area (Å²) in [5, 5.41) is 6.03. The van der Waals surface area contributed by atoms with E-state index >= 15 is 0 Å². The second-order valence-corrected chi connectivity index (χ2v) is 7.19. The van der Waals surface area contributed by atoms with Gasteiger partial charge in [0.15, 0.2) is 6.61 Å². The molecular formula is C21H21BrN2O4. The Kier molecular flexibility index (Phi) is 6.46. The van der Waals surface area contributed by atoms with Gasteiger partial charge in [0.05, 0.1) is 18.4 Å². The number of benzene rings is 2. The van der Waals surface area contributed by atoms with Crippen molar-refractivity contribution in [2.75, 3.05) is 13.2 Å². The van der Waals surface area contributed by atoms with Crippen LogP contribution in [0.4, 0.5) is 0 Å². The van der Waals surface area contributed by atoms with Gasteiger partial charge < -0.3 is 9.47 Å². The largest absolute Gasteiger partial charge is 0.482 e. The number of carbonyl (C=O) groups excluding carboxylic acids is 2. The zero-order valence-electron chi connectivity index (χ0n) is 15.7. The van der Waals surface area contributed by atoms with E-state index in [0.717, 1.165) is 21.3 Å². The topological polar surface area (TPSA) is 68.2 Å². The minimum atomic E-state index is -0.432. The monoisotopic (exact) mass is 444 g/mol. The molecule has 0 aliphatic carbocycles. The number of halogens is 1. The van der Waals surface area contributed by atoms with E-state index in [1.54, 1.807) is 13.0 Å². The fourth-order valence-electron chi connectivity index (χ4n) is 3.11. The molecule has 2 aromatic rings. The molecule has 0 spiro atoms.